The molecule has 0 spiro atoms. The van der Waals surface area contributed by atoms with Gasteiger partial charge in [-0.1, -0.05) is 65.7 Å². The lowest BCUT2D eigenvalue weighted by atomic mass is 9.96. The molecule has 29 heavy (non-hydrogen) atoms. The van der Waals surface area contributed by atoms with E-state index in [1.807, 2.05) is 12.1 Å². The molecule has 3 nitrogen and oxygen atoms in total. The maximum Gasteiger partial charge on any atom is 0.162 e. The summed E-state index contributed by atoms with van der Waals surface area (Å²) in [7, 11) is 1.61. The Morgan fingerprint density at radius 2 is 1.83 bits per heavy atom. The fraction of sp³-hybridized carbons (Fsp3) is 0.478. The largest absolute Gasteiger partial charge is 0.493 e. The summed E-state index contributed by atoms with van der Waals surface area (Å²) < 4.78 is 26.3. The highest BCUT2D eigenvalue weighted by molar-refractivity contribution is 9.10. The third kappa shape index (κ3) is 6.34. The van der Waals surface area contributed by atoms with Crippen LogP contribution in [0.15, 0.2) is 34.8 Å². The minimum absolute atomic E-state index is 0.0357. The normalized spacial score (nSPS) is 15.6. The summed E-state index contributed by atoms with van der Waals surface area (Å²) in [4.78, 5) is 0. The van der Waals surface area contributed by atoms with Crippen molar-refractivity contribution in [3.8, 4) is 11.5 Å². The number of ether oxygens (including phenoxy) is 2. The third-order valence-corrected chi connectivity index (χ3v) is 6.55. The van der Waals surface area contributed by atoms with Gasteiger partial charge in [-0.05, 0) is 42.7 Å². The van der Waals surface area contributed by atoms with Crippen LogP contribution in [0, 0.1) is 5.82 Å². The van der Waals surface area contributed by atoms with Crippen molar-refractivity contribution in [3.63, 3.8) is 0 Å². The zero-order chi connectivity index (χ0) is 20.6. The van der Waals surface area contributed by atoms with E-state index in [4.69, 9.17) is 21.1 Å². The molecule has 0 heterocycles. The predicted molar refractivity (Wildman–Crippen MR) is 119 cm³/mol. The molecular formula is C23H28BrClFNO2. The van der Waals surface area contributed by atoms with Crippen LogP contribution in [0.2, 0.25) is 5.02 Å². The quantitative estimate of drug-likeness (QED) is 0.457. The molecule has 0 aliphatic heterocycles. The van der Waals surface area contributed by atoms with E-state index < -0.39 is 0 Å². The molecule has 0 saturated heterocycles. The number of halogens is 3. The maximum atomic E-state index is 14.0. The summed E-state index contributed by atoms with van der Waals surface area (Å²) in [5.41, 5.74) is 1.45. The van der Waals surface area contributed by atoms with E-state index in [1.165, 1.54) is 51.0 Å². The summed E-state index contributed by atoms with van der Waals surface area (Å²) in [6.07, 6.45) is 9.12. The van der Waals surface area contributed by atoms with Gasteiger partial charge >= 0.3 is 0 Å². The monoisotopic (exact) mass is 483 g/mol. The van der Waals surface area contributed by atoms with Crippen molar-refractivity contribution in [2.24, 2.45) is 0 Å². The molecule has 0 unspecified atom stereocenters. The molecule has 0 bridgehead atoms. The molecule has 158 valence electrons. The van der Waals surface area contributed by atoms with Gasteiger partial charge in [0.2, 0.25) is 0 Å². The van der Waals surface area contributed by atoms with Crippen LogP contribution < -0.4 is 14.8 Å². The zero-order valence-electron chi connectivity index (χ0n) is 16.8. The van der Waals surface area contributed by atoms with Crippen molar-refractivity contribution in [1.82, 2.24) is 5.32 Å². The van der Waals surface area contributed by atoms with Gasteiger partial charge in [-0.25, -0.2) is 4.39 Å². The number of nitrogens with one attached hydrogen (secondary N) is 1. The molecule has 0 aromatic heterocycles. The highest BCUT2D eigenvalue weighted by Crippen LogP contribution is 2.35. The molecule has 0 amide bonds. The van der Waals surface area contributed by atoms with Crippen molar-refractivity contribution in [2.75, 3.05) is 7.11 Å². The van der Waals surface area contributed by atoms with Crippen LogP contribution in [0.1, 0.15) is 56.1 Å². The second-order valence-electron chi connectivity index (χ2n) is 7.51. The van der Waals surface area contributed by atoms with E-state index in [9.17, 15) is 4.39 Å². The number of hydrogen-bond donors (Lipinski definition) is 1. The second-order valence-corrected chi connectivity index (χ2v) is 8.77. The van der Waals surface area contributed by atoms with Crippen LogP contribution in [-0.2, 0) is 13.2 Å². The Morgan fingerprint density at radius 3 is 2.52 bits per heavy atom. The molecule has 3 rings (SSSR count). The van der Waals surface area contributed by atoms with Gasteiger partial charge in [-0.2, -0.15) is 0 Å². The Bertz CT molecular complexity index is 789. The summed E-state index contributed by atoms with van der Waals surface area (Å²) in [6, 6.07) is 9.02. The van der Waals surface area contributed by atoms with Gasteiger partial charge in [0.05, 0.1) is 12.1 Å². The fourth-order valence-corrected chi connectivity index (χ4v) is 4.40. The maximum absolute atomic E-state index is 14.0. The summed E-state index contributed by atoms with van der Waals surface area (Å²) in [6.45, 7) is 0.801. The van der Waals surface area contributed by atoms with Gasteiger partial charge in [0.15, 0.2) is 11.5 Å². The standard InChI is InChI=1S/C23H28BrClFNO2/c1-28-22-12-16(14-27-17-8-5-3-2-4-6-9-17)19(24)13-23(22)29-15-18-20(25)10-7-11-21(18)26/h7,10-13,17,27H,2-6,8-9,14-15H2,1H3. The van der Waals surface area contributed by atoms with Crippen LogP contribution >= 0.6 is 27.5 Å². The van der Waals surface area contributed by atoms with E-state index in [0.29, 0.717) is 28.1 Å². The first-order valence-corrected chi connectivity index (χ1v) is 11.4. The Labute approximate surface area is 186 Å². The van der Waals surface area contributed by atoms with Gasteiger partial charge < -0.3 is 14.8 Å². The second kappa shape index (κ2) is 11.2. The smallest absolute Gasteiger partial charge is 0.162 e. The SMILES string of the molecule is COc1cc(CNC2CCCCCCC2)c(Br)cc1OCc1c(F)cccc1Cl. The Kier molecular flexibility index (Phi) is 8.64. The van der Waals surface area contributed by atoms with Crippen molar-refractivity contribution >= 4 is 27.5 Å². The van der Waals surface area contributed by atoms with Crippen molar-refractivity contribution in [3.05, 3.63) is 56.8 Å². The molecule has 1 saturated carbocycles. The summed E-state index contributed by atoms with van der Waals surface area (Å²) >= 11 is 9.74. The molecule has 2 aromatic carbocycles. The number of benzene rings is 2. The first-order chi connectivity index (χ1) is 14.1. The topological polar surface area (TPSA) is 30.5 Å². The number of rotatable bonds is 7. The number of hydrogen-bond acceptors (Lipinski definition) is 3. The molecular weight excluding hydrogens is 457 g/mol. The first-order valence-electron chi connectivity index (χ1n) is 10.2. The molecule has 1 aliphatic carbocycles. The molecule has 6 heteroatoms. The average Bonchev–Trinajstić information content (AvgIpc) is 2.68. The summed E-state index contributed by atoms with van der Waals surface area (Å²) in [5, 5.41) is 4.05. The minimum Gasteiger partial charge on any atom is -0.493 e. The van der Waals surface area contributed by atoms with Crippen LogP contribution in [0.5, 0.6) is 11.5 Å². The van der Waals surface area contributed by atoms with E-state index in [1.54, 1.807) is 19.2 Å². The van der Waals surface area contributed by atoms with Crippen molar-refractivity contribution in [2.45, 2.75) is 64.1 Å². The Balaban J connectivity index is 1.66. The zero-order valence-corrected chi connectivity index (χ0v) is 19.1. The van der Waals surface area contributed by atoms with Crippen LogP contribution in [-0.4, -0.2) is 13.2 Å². The van der Waals surface area contributed by atoms with Gasteiger partial charge in [0, 0.05) is 22.6 Å². The molecule has 0 radical (unpaired) electrons. The van der Waals surface area contributed by atoms with Crippen LogP contribution in [0.3, 0.4) is 0 Å². The molecule has 1 fully saturated rings. The molecule has 0 atom stereocenters. The lowest BCUT2D eigenvalue weighted by Gasteiger charge is -2.22. The van der Waals surface area contributed by atoms with Crippen molar-refractivity contribution < 1.29 is 13.9 Å². The van der Waals surface area contributed by atoms with Crippen LogP contribution in [0.25, 0.3) is 0 Å². The van der Waals surface area contributed by atoms with Gasteiger partial charge in [-0.15, -0.1) is 0 Å². The minimum atomic E-state index is -0.379. The lowest BCUT2D eigenvalue weighted by Crippen LogP contribution is -2.29. The number of methoxy groups -OCH3 is 1. The Morgan fingerprint density at radius 1 is 1.10 bits per heavy atom. The van der Waals surface area contributed by atoms with E-state index >= 15 is 0 Å². The molecule has 1 N–H and O–H groups in total. The third-order valence-electron chi connectivity index (χ3n) is 5.45. The average molecular weight is 485 g/mol. The predicted octanol–water partition coefficient (Wildman–Crippen LogP) is 7.03. The lowest BCUT2D eigenvalue weighted by molar-refractivity contribution is 0.279. The van der Waals surface area contributed by atoms with Gasteiger partial charge in [0.1, 0.15) is 12.4 Å². The van der Waals surface area contributed by atoms with Crippen LogP contribution in [0.4, 0.5) is 4.39 Å². The first kappa shape index (κ1) is 22.4. The van der Waals surface area contributed by atoms with Gasteiger partial charge in [0.25, 0.3) is 0 Å². The van der Waals surface area contributed by atoms with Gasteiger partial charge in [-0.3, -0.25) is 0 Å². The fourth-order valence-electron chi connectivity index (χ4n) is 3.72. The molecule has 1 aliphatic rings. The summed E-state index contributed by atoms with van der Waals surface area (Å²) in [5.74, 6) is 0.791. The van der Waals surface area contributed by atoms with E-state index in [0.717, 1.165) is 16.6 Å². The highest BCUT2D eigenvalue weighted by atomic mass is 79.9. The molecule has 2 aromatic rings. The Hall–Kier alpha value is -1.30. The van der Waals surface area contributed by atoms with E-state index in [2.05, 4.69) is 21.2 Å². The van der Waals surface area contributed by atoms with E-state index in [-0.39, 0.29) is 12.4 Å². The van der Waals surface area contributed by atoms with Crippen molar-refractivity contribution in [1.29, 1.82) is 0 Å². The highest BCUT2D eigenvalue weighted by Gasteiger charge is 2.15.